The molecule has 3 heterocycles. The van der Waals surface area contributed by atoms with Crippen LogP contribution in [0.25, 0.3) is 0 Å². The highest BCUT2D eigenvalue weighted by Crippen LogP contribution is 2.24. The lowest BCUT2D eigenvalue weighted by atomic mass is 10.0. The highest BCUT2D eigenvalue weighted by atomic mass is 32.1. The van der Waals surface area contributed by atoms with Crippen LogP contribution in [-0.2, 0) is 16.0 Å². The molecule has 33 heavy (non-hydrogen) atoms. The van der Waals surface area contributed by atoms with E-state index in [0.717, 1.165) is 24.4 Å². The molecule has 2 amide bonds. The third-order valence-corrected chi connectivity index (χ3v) is 7.01. The number of benzene rings is 1. The first kappa shape index (κ1) is 23.4. The Morgan fingerprint density at radius 2 is 1.97 bits per heavy atom. The van der Waals surface area contributed by atoms with Crippen molar-refractivity contribution in [2.75, 3.05) is 45.3 Å². The molecule has 1 saturated heterocycles. The van der Waals surface area contributed by atoms with Crippen LogP contribution in [0.1, 0.15) is 27.0 Å². The molecule has 1 fully saturated rings. The van der Waals surface area contributed by atoms with Gasteiger partial charge in [-0.05, 0) is 29.1 Å². The lowest BCUT2D eigenvalue weighted by Gasteiger charge is -2.35. The number of hydrogen-bond acceptors (Lipinski definition) is 8. The SMILES string of the molecule is COc1ccc(C(CNC(=O)Cc2csc(NC(=O)c3cccs3)n2)N2CCOCC2)cc1. The maximum absolute atomic E-state index is 12.7. The predicted octanol–water partition coefficient (Wildman–Crippen LogP) is 3.20. The van der Waals surface area contributed by atoms with Crippen LogP contribution >= 0.6 is 22.7 Å². The van der Waals surface area contributed by atoms with Gasteiger partial charge in [-0.25, -0.2) is 4.98 Å². The largest absolute Gasteiger partial charge is 0.497 e. The summed E-state index contributed by atoms with van der Waals surface area (Å²) in [4.78, 5) is 32.2. The van der Waals surface area contributed by atoms with Gasteiger partial charge >= 0.3 is 0 Å². The zero-order chi connectivity index (χ0) is 23.0. The molecule has 4 rings (SSSR count). The van der Waals surface area contributed by atoms with Gasteiger partial charge in [-0.3, -0.25) is 19.8 Å². The van der Waals surface area contributed by atoms with E-state index in [0.29, 0.717) is 35.5 Å². The van der Waals surface area contributed by atoms with E-state index >= 15 is 0 Å². The topological polar surface area (TPSA) is 92.8 Å². The number of ether oxygens (including phenoxy) is 2. The van der Waals surface area contributed by atoms with Gasteiger partial charge in [-0.15, -0.1) is 22.7 Å². The second-order valence-corrected chi connectivity index (χ2v) is 9.30. The van der Waals surface area contributed by atoms with E-state index < -0.39 is 0 Å². The quantitative estimate of drug-likeness (QED) is 0.483. The summed E-state index contributed by atoms with van der Waals surface area (Å²) in [5.41, 5.74) is 1.75. The maximum atomic E-state index is 12.7. The third-order valence-electron chi connectivity index (χ3n) is 5.34. The zero-order valence-electron chi connectivity index (χ0n) is 18.3. The van der Waals surface area contributed by atoms with E-state index in [1.54, 1.807) is 18.6 Å². The number of aromatic nitrogens is 1. The zero-order valence-corrected chi connectivity index (χ0v) is 19.9. The molecule has 1 aromatic carbocycles. The summed E-state index contributed by atoms with van der Waals surface area (Å²) in [6.45, 7) is 3.47. The normalized spacial score (nSPS) is 15.1. The minimum Gasteiger partial charge on any atom is -0.497 e. The first-order valence-electron chi connectivity index (χ1n) is 10.6. The molecule has 2 N–H and O–H groups in total. The summed E-state index contributed by atoms with van der Waals surface area (Å²) in [6.07, 6.45) is 0.157. The van der Waals surface area contributed by atoms with Crippen molar-refractivity contribution in [2.24, 2.45) is 0 Å². The molecule has 1 aliphatic rings. The van der Waals surface area contributed by atoms with Crippen LogP contribution in [0, 0.1) is 0 Å². The first-order chi connectivity index (χ1) is 16.1. The Labute approximate surface area is 200 Å². The van der Waals surface area contributed by atoms with E-state index in [1.807, 2.05) is 35.7 Å². The number of anilines is 1. The van der Waals surface area contributed by atoms with Gasteiger partial charge < -0.3 is 14.8 Å². The van der Waals surface area contributed by atoms with Crippen LogP contribution in [-0.4, -0.2) is 61.7 Å². The molecule has 2 aromatic heterocycles. The Hall–Kier alpha value is -2.79. The van der Waals surface area contributed by atoms with Crippen molar-refractivity contribution >= 4 is 39.6 Å². The van der Waals surface area contributed by atoms with Gasteiger partial charge in [0.25, 0.3) is 5.91 Å². The molecule has 10 heteroatoms. The van der Waals surface area contributed by atoms with Gasteiger partial charge in [-0.1, -0.05) is 18.2 Å². The highest BCUT2D eigenvalue weighted by Gasteiger charge is 2.23. The molecule has 3 aromatic rings. The van der Waals surface area contributed by atoms with Crippen molar-refractivity contribution in [1.29, 1.82) is 0 Å². The fraction of sp³-hybridized carbons (Fsp3) is 0.348. The monoisotopic (exact) mass is 486 g/mol. The average molecular weight is 487 g/mol. The molecular formula is C23H26N4O4S2. The first-order valence-corrected chi connectivity index (χ1v) is 12.4. The molecule has 0 radical (unpaired) electrons. The number of nitrogens with one attached hydrogen (secondary N) is 2. The summed E-state index contributed by atoms with van der Waals surface area (Å²) in [5.74, 6) is 0.500. The standard InChI is InChI=1S/C23H26N4O4S2/c1-30-18-6-4-16(5-7-18)19(27-8-10-31-11-9-27)14-24-21(28)13-17-15-33-23(25-17)26-22(29)20-3-2-12-32-20/h2-7,12,15,19H,8-11,13-14H2,1H3,(H,24,28)(H,25,26,29). The number of nitrogens with zero attached hydrogens (tertiary/aromatic N) is 2. The van der Waals surface area contributed by atoms with Crippen molar-refractivity contribution in [2.45, 2.75) is 12.5 Å². The molecule has 0 bridgehead atoms. The lowest BCUT2D eigenvalue weighted by Crippen LogP contribution is -2.44. The predicted molar refractivity (Wildman–Crippen MR) is 129 cm³/mol. The Morgan fingerprint density at radius 3 is 2.67 bits per heavy atom. The Morgan fingerprint density at radius 1 is 1.18 bits per heavy atom. The number of amides is 2. The van der Waals surface area contributed by atoms with Gasteiger partial charge in [-0.2, -0.15) is 0 Å². The summed E-state index contributed by atoms with van der Waals surface area (Å²) in [6, 6.07) is 11.6. The average Bonchev–Trinajstić information content (AvgIpc) is 3.53. The Bertz CT molecular complexity index is 1050. The number of methoxy groups -OCH3 is 1. The van der Waals surface area contributed by atoms with E-state index in [-0.39, 0.29) is 24.3 Å². The van der Waals surface area contributed by atoms with Crippen LogP contribution in [0.15, 0.2) is 47.2 Å². The fourth-order valence-electron chi connectivity index (χ4n) is 3.62. The van der Waals surface area contributed by atoms with E-state index in [9.17, 15) is 9.59 Å². The maximum Gasteiger partial charge on any atom is 0.267 e. The molecule has 0 spiro atoms. The number of carbonyl (C=O) groups is 2. The highest BCUT2D eigenvalue weighted by molar-refractivity contribution is 7.14. The van der Waals surface area contributed by atoms with Crippen LogP contribution in [0.4, 0.5) is 5.13 Å². The molecular weight excluding hydrogens is 460 g/mol. The van der Waals surface area contributed by atoms with Gasteiger partial charge in [0.1, 0.15) is 5.75 Å². The minimum absolute atomic E-state index is 0.0415. The van der Waals surface area contributed by atoms with Crippen LogP contribution < -0.4 is 15.4 Å². The van der Waals surface area contributed by atoms with Crippen molar-refractivity contribution in [3.63, 3.8) is 0 Å². The minimum atomic E-state index is -0.191. The van der Waals surface area contributed by atoms with Crippen LogP contribution in [0.3, 0.4) is 0 Å². The van der Waals surface area contributed by atoms with Crippen molar-refractivity contribution < 1.29 is 19.1 Å². The second kappa shape index (κ2) is 11.4. The molecule has 1 atom stereocenters. The van der Waals surface area contributed by atoms with E-state index in [4.69, 9.17) is 9.47 Å². The molecule has 174 valence electrons. The number of hydrogen-bond donors (Lipinski definition) is 2. The van der Waals surface area contributed by atoms with Crippen LogP contribution in [0.2, 0.25) is 0 Å². The molecule has 1 unspecified atom stereocenters. The summed E-state index contributed by atoms with van der Waals surface area (Å²) in [7, 11) is 1.65. The van der Waals surface area contributed by atoms with Crippen molar-refractivity contribution in [3.8, 4) is 5.75 Å². The number of carbonyl (C=O) groups excluding carboxylic acids is 2. The van der Waals surface area contributed by atoms with E-state index in [2.05, 4.69) is 20.5 Å². The third kappa shape index (κ3) is 6.38. The number of rotatable bonds is 9. The molecule has 0 aliphatic carbocycles. The Kier molecular flexibility index (Phi) is 8.05. The van der Waals surface area contributed by atoms with Crippen molar-refractivity contribution in [1.82, 2.24) is 15.2 Å². The number of morpholine rings is 1. The lowest BCUT2D eigenvalue weighted by molar-refractivity contribution is -0.120. The van der Waals surface area contributed by atoms with Crippen LogP contribution in [0.5, 0.6) is 5.75 Å². The number of thiazole rings is 1. The summed E-state index contributed by atoms with van der Waals surface area (Å²) < 4.78 is 10.8. The fourth-order valence-corrected chi connectivity index (χ4v) is 4.95. The molecule has 1 aliphatic heterocycles. The van der Waals surface area contributed by atoms with Gasteiger partial charge in [0.15, 0.2) is 5.13 Å². The Balaban J connectivity index is 1.34. The second-order valence-electron chi connectivity index (χ2n) is 7.49. The van der Waals surface area contributed by atoms with Gasteiger partial charge in [0.05, 0.1) is 43.4 Å². The number of thiophene rings is 1. The van der Waals surface area contributed by atoms with E-state index in [1.165, 1.54) is 22.7 Å². The van der Waals surface area contributed by atoms with Crippen molar-refractivity contribution in [3.05, 3.63) is 63.3 Å². The van der Waals surface area contributed by atoms with Gasteiger partial charge in [0, 0.05) is 25.0 Å². The molecule has 8 nitrogen and oxygen atoms in total. The van der Waals surface area contributed by atoms with Gasteiger partial charge in [0.2, 0.25) is 5.91 Å². The summed E-state index contributed by atoms with van der Waals surface area (Å²) >= 11 is 2.68. The molecule has 0 saturated carbocycles. The summed E-state index contributed by atoms with van der Waals surface area (Å²) in [5, 5.41) is 9.97. The smallest absolute Gasteiger partial charge is 0.267 e.